The summed E-state index contributed by atoms with van der Waals surface area (Å²) in [6, 6.07) is 17.5. The third kappa shape index (κ3) is 3.36. The molecule has 132 valence electrons. The number of rotatable bonds is 2. The molecule has 0 radical (unpaired) electrons. The Morgan fingerprint density at radius 2 is 1.85 bits per heavy atom. The molecule has 0 atom stereocenters. The molecule has 5 nitrogen and oxygen atoms in total. The Bertz CT molecular complexity index is 963. The summed E-state index contributed by atoms with van der Waals surface area (Å²) in [5, 5.41) is 7.40. The SMILES string of the molecule is CN1CCN(c2ccc(Cl)cc2)c2cc(-c3ccc(=O)[nH]n3)ccc2C1. The molecule has 1 N–H and O–H groups in total. The van der Waals surface area contributed by atoms with Gasteiger partial charge in [0.2, 0.25) is 0 Å². The highest BCUT2D eigenvalue weighted by molar-refractivity contribution is 6.30. The van der Waals surface area contributed by atoms with Crippen LogP contribution in [0.2, 0.25) is 5.02 Å². The van der Waals surface area contributed by atoms with Gasteiger partial charge in [0, 0.05) is 47.7 Å². The lowest BCUT2D eigenvalue weighted by Crippen LogP contribution is -2.26. The van der Waals surface area contributed by atoms with Gasteiger partial charge in [-0.05, 0) is 49.0 Å². The van der Waals surface area contributed by atoms with Gasteiger partial charge in [-0.3, -0.25) is 4.79 Å². The number of hydrogen-bond acceptors (Lipinski definition) is 4. The van der Waals surface area contributed by atoms with Gasteiger partial charge >= 0.3 is 0 Å². The van der Waals surface area contributed by atoms with Gasteiger partial charge < -0.3 is 9.80 Å². The molecule has 1 aliphatic rings. The first-order valence-electron chi connectivity index (χ1n) is 8.51. The first-order valence-corrected chi connectivity index (χ1v) is 8.89. The van der Waals surface area contributed by atoms with E-state index in [0.717, 1.165) is 47.3 Å². The van der Waals surface area contributed by atoms with Crippen LogP contribution in [0.1, 0.15) is 5.56 Å². The Morgan fingerprint density at radius 3 is 2.58 bits per heavy atom. The highest BCUT2D eigenvalue weighted by Gasteiger charge is 2.20. The van der Waals surface area contributed by atoms with Gasteiger partial charge in [-0.15, -0.1) is 0 Å². The summed E-state index contributed by atoms with van der Waals surface area (Å²) in [6.45, 7) is 2.73. The number of likely N-dealkylation sites (N-methyl/N-ethyl adjacent to an activating group) is 1. The number of hydrogen-bond donors (Lipinski definition) is 1. The van der Waals surface area contributed by atoms with E-state index < -0.39 is 0 Å². The highest BCUT2D eigenvalue weighted by atomic mass is 35.5. The third-order valence-corrected chi connectivity index (χ3v) is 4.89. The molecule has 6 heteroatoms. The van der Waals surface area contributed by atoms with Crippen molar-refractivity contribution in [1.82, 2.24) is 15.1 Å². The molecule has 1 aliphatic heterocycles. The maximum absolute atomic E-state index is 11.3. The standard InChI is InChI=1S/C20H19ClN4O/c1-24-10-11-25(17-6-4-16(21)5-7-17)19-12-14(2-3-15(19)13-24)18-8-9-20(26)23-22-18/h2-9,12H,10-11,13H2,1H3,(H,23,26). The second-order valence-corrected chi connectivity index (χ2v) is 6.95. The van der Waals surface area contributed by atoms with Crippen molar-refractivity contribution in [2.24, 2.45) is 0 Å². The molecule has 0 saturated heterocycles. The molecule has 0 spiro atoms. The van der Waals surface area contributed by atoms with Gasteiger partial charge in [-0.2, -0.15) is 5.10 Å². The lowest BCUT2D eigenvalue weighted by atomic mass is 10.0. The Balaban J connectivity index is 1.81. The lowest BCUT2D eigenvalue weighted by Gasteiger charge is -2.25. The van der Waals surface area contributed by atoms with Crippen molar-refractivity contribution in [3.8, 4) is 11.3 Å². The van der Waals surface area contributed by atoms with Crippen LogP contribution in [-0.4, -0.2) is 35.2 Å². The Hall–Kier alpha value is -2.63. The molecule has 1 aromatic heterocycles. The molecular weight excluding hydrogens is 348 g/mol. The molecule has 4 rings (SSSR count). The molecule has 26 heavy (non-hydrogen) atoms. The van der Waals surface area contributed by atoms with Crippen LogP contribution in [0.25, 0.3) is 11.3 Å². The van der Waals surface area contributed by atoms with E-state index in [9.17, 15) is 4.79 Å². The minimum absolute atomic E-state index is 0.201. The number of aromatic amines is 1. The summed E-state index contributed by atoms with van der Waals surface area (Å²) in [4.78, 5) is 15.9. The number of benzene rings is 2. The van der Waals surface area contributed by atoms with Gasteiger partial charge in [0.25, 0.3) is 5.56 Å². The summed E-state index contributed by atoms with van der Waals surface area (Å²) >= 11 is 6.06. The zero-order valence-electron chi connectivity index (χ0n) is 14.4. The van der Waals surface area contributed by atoms with E-state index in [1.54, 1.807) is 6.07 Å². The number of nitrogens with one attached hydrogen (secondary N) is 1. The fraction of sp³-hybridized carbons (Fsp3) is 0.200. The van der Waals surface area contributed by atoms with E-state index in [1.165, 1.54) is 11.6 Å². The van der Waals surface area contributed by atoms with Crippen molar-refractivity contribution in [3.63, 3.8) is 0 Å². The average Bonchev–Trinajstić information content (AvgIpc) is 2.81. The number of nitrogens with zero attached hydrogens (tertiary/aromatic N) is 3. The van der Waals surface area contributed by atoms with Crippen LogP contribution in [0, 0.1) is 0 Å². The number of halogens is 1. The summed E-state index contributed by atoms with van der Waals surface area (Å²) in [5.74, 6) is 0. The van der Waals surface area contributed by atoms with Gasteiger partial charge in [0.15, 0.2) is 0 Å². The van der Waals surface area contributed by atoms with Crippen molar-refractivity contribution in [2.75, 3.05) is 25.0 Å². The second kappa shape index (κ2) is 6.94. The Labute approximate surface area is 156 Å². The van der Waals surface area contributed by atoms with Crippen molar-refractivity contribution < 1.29 is 0 Å². The molecule has 0 aliphatic carbocycles. The van der Waals surface area contributed by atoms with E-state index >= 15 is 0 Å². The number of anilines is 2. The number of fused-ring (bicyclic) bond motifs is 1. The fourth-order valence-corrected chi connectivity index (χ4v) is 3.39. The van der Waals surface area contributed by atoms with Crippen LogP contribution in [-0.2, 0) is 6.54 Å². The zero-order chi connectivity index (χ0) is 18.1. The van der Waals surface area contributed by atoms with E-state index in [-0.39, 0.29) is 5.56 Å². The quantitative estimate of drug-likeness (QED) is 0.751. The molecule has 2 aromatic carbocycles. The molecule has 0 bridgehead atoms. The summed E-state index contributed by atoms with van der Waals surface area (Å²) < 4.78 is 0. The largest absolute Gasteiger partial charge is 0.340 e. The monoisotopic (exact) mass is 366 g/mol. The summed E-state index contributed by atoms with van der Waals surface area (Å²) in [6.07, 6.45) is 0. The van der Waals surface area contributed by atoms with E-state index in [2.05, 4.69) is 45.2 Å². The van der Waals surface area contributed by atoms with Crippen LogP contribution in [0.5, 0.6) is 0 Å². The molecule has 3 aromatic rings. The topological polar surface area (TPSA) is 52.2 Å². The minimum Gasteiger partial charge on any atom is -0.340 e. The lowest BCUT2D eigenvalue weighted by molar-refractivity contribution is 0.343. The van der Waals surface area contributed by atoms with Crippen LogP contribution in [0.15, 0.2) is 59.4 Å². The van der Waals surface area contributed by atoms with Crippen molar-refractivity contribution in [1.29, 1.82) is 0 Å². The van der Waals surface area contributed by atoms with E-state index in [4.69, 9.17) is 11.6 Å². The minimum atomic E-state index is -0.201. The zero-order valence-corrected chi connectivity index (χ0v) is 15.2. The summed E-state index contributed by atoms with van der Waals surface area (Å²) in [5.41, 5.74) is 5.05. The molecule has 2 heterocycles. The van der Waals surface area contributed by atoms with Crippen LogP contribution < -0.4 is 10.5 Å². The first kappa shape index (κ1) is 16.8. The Morgan fingerprint density at radius 1 is 1.04 bits per heavy atom. The van der Waals surface area contributed by atoms with Gasteiger partial charge in [-0.1, -0.05) is 23.7 Å². The molecular formula is C20H19ClN4O. The highest BCUT2D eigenvalue weighted by Crippen LogP contribution is 2.34. The summed E-state index contributed by atoms with van der Waals surface area (Å²) in [7, 11) is 2.13. The smallest absolute Gasteiger partial charge is 0.264 e. The molecule has 0 unspecified atom stereocenters. The predicted molar refractivity (Wildman–Crippen MR) is 105 cm³/mol. The van der Waals surface area contributed by atoms with Crippen molar-refractivity contribution in [2.45, 2.75) is 6.54 Å². The predicted octanol–water partition coefficient (Wildman–Crippen LogP) is 3.67. The van der Waals surface area contributed by atoms with Crippen molar-refractivity contribution >= 4 is 23.0 Å². The van der Waals surface area contributed by atoms with Crippen LogP contribution in [0.4, 0.5) is 11.4 Å². The van der Waals surface area contributed by atoms with Crippen LogP contribution in [0.3, 0.4) is 0 Å². The van der Waals surface area contributed by atoms with E-state index in [1.807, 2.05) is 24.3 Å². The van der Waals surface area contributed by atoms with Crippen LogP contribution >= 0.6 is 11.6 Å². The molecule has 0 amide bonds. The number of H-pyrrole nitrogens is 1. The molecule has 0 saturated carbocycles. The average molecular weight is 367 g/mol. The Kier molecular flexibility index (Phi) is 4.49. The molecule has 0 fully saturated rings. The normalized spacial score (nSPS) is 14.8. The van der Waals surface area contributed by atoms with Crippen molar-refractivity contribution in [3.05, 3.63) is 75.5 Å². The third-order valence-electron chi connectivity index (χ3n) is 4.63. The fourth-order valence-electron chi connectivity index (χ4n) is 3.26. The second-order valence-electron chi connectivity index (χ2n) is 6.52. The maximum atomic E-state index is 11.3. The maximum Gasteiger partial charge on any atom is 0.264 e. The van der Waals surface area contributed by atoms with Gasteiger partial charge in [-0.25, -0.2) is 5.10 Å². The van der Waals surface area contributed by atoms with Gasteiger partial charge in [0.05, 0.1) is 5.69 Å². The van der Waals surface area contributed by atoms with Gasteiger partial charge in [0.1, 0.15) is 0 Å². The first-order chi connectivity index (χ1) is 12.6. The van der Waals surface area contributed by atoms with E-state index in [0.29, 0.717) is 0 Å². The number of aromatic nitrogens is 2.